The molecule has 1 rings (SSSR count). The molecule has 0 saturated heterocycles. The lowest BCUT2D eigenvalue weighted by atomic mass is 10.1. The van der Waals surface area contributed by atoms with Crippen molar-refractivity contribution in [3.8, 4) is 0 Å². The maximum Gasteiger partial charge on any atom is 0.0408 e. The number of nitrogens with one attached hydrogen (secondary N) is 1. The van der Waals surface area contributed by atoms with Crippen molar-refractivity contribution in [3.63, 3.8) is 0 Å². The molecule has 0 aliphatic rings. The van der Waals surface area contributed by atoms with Crippen molar-refractivity contribution in [1.29, 1.82) is 0 Å². The van der Waals surface area contributed by atoms with E-state index >= 15 is 0 Å². The Morgan fingerprint density at radius 1 is 1.47 bits per heavy atom. The third-order valence-electron chi connectivity index (χ3n) is 2.40. The SMILES string of the molecule is CC(CCN)NCCc1cccc(Cl)c1. The molecule has 84 valence electrons. The Morgan fingerprint density at radius 2 is 2.27 bits per heavy atom. The quantitative estimate of drug-likeness (QED) is 0.781. The molecule has 3 heteroatoms. The molecule has 1 unspecified atom stereocenters. The summed E-state index contributed by atoms with van der Waals surface area (Å²) in [5.41, 5.74) is 6.75. The van der Waals surface area contributed by atoms with Gasteiger partial charge < -0.3 is 11.1 Å². The molecule has 0 heterocycles. The molecule has 0 fully saturated rings. The first-order valence-electron chi connectivity index (χ1n) is 5.40. The first-order chi connectivity index (χ1) is 7.22. The van der Waals surface area contributed by atoms with Gasteiger partial charge in [0.15, 0.2) is 0 Å². The van der Waals surface area contributed by atoms with E-state index in [0.717, 1.165) is 31.0 Å². The second-order valence-electron chi connectivity index (χ2n) is 3.81. The predicted octanol–water partition coefficient (Wildman–Crippen LogP) is 2.21. The van der Waals surface area contributed by atoms with Gasteiger partial charge in [-0.15, -0.1) is 0 Å². The number of halogens is 1. The van der Waals surface area contributed by atoms with Gasteiger partial charge in [0.25, 0.3) is 0 Å². The third-order valence-corrected chi connectivity index (χ3v) is 2.63. The van der Waals surface area contributed by atoms with Crippen molar-refractivity contribution in [1.82, 2.24) is 5.32 Å². The molecular weight excluding hydrogens is 208 g/mol. The van der Waals surface area contributed by atoms with Gasteiger partial charge in [0.05, 0.1) is 0 Å². The molecule has 0 bridgehead atoms. The average molecular weight is 227 g/mol. The molecule has 0 spiro atoms. The third kappa shape index (κ3) is 5.17. The zero-order valence-corrected chi connectivity index (χ0v) is 9.93. The number of hydrogen-bond acceptors (Lipinski definition) is 2. The molecule has 0 saturated carbocycles. The second-order valence-corrected chi connectivity index (χ2v) is 4.25. The first-order valence-corrected chi connectivity index (χ1v) is 5.78. The maximum absolute atomic E-state index is 5.90. The van der Waals surface area contributed by atoms with Crippen molar-refractivity contribution in [3.05, 3.63) is 34.9 Å². The van der Waals surface area contributed by atoms with Gasteiger partial charge in [-0.25, -0.2) is 0 Å². The van der Waals surface area contributed by atoms with Crippen LogP contribution in [-0.2, 0) is 6.42 Å². The van der Waals surface area contributed by atoms with Crippen molar-refractivity contribution in [2.24, 2.45) is 5.73 Å². The van der Waals surface area contributed by atoms with Crippen LogP contribution in [0.3, 0.4) is 0 Å². The summed E-state index contributed by atoms with van der Waals surface area (Å²) in [5.74, 6) is 0. The van der Waals surface area contributed by atoms with Crippen molar-refractivity contribution >= 4 is 11.6 Å². The van der Waals surface area contributed by atoms with E-state index in [2.05, 4.69) is 18.3 Å². The highest BCUT2D eigenvalue weighted by Crippen LogP contribution is 2.10. The molecule has 15 heavy (non-hydrogen) atoms. The van der Waals surface area contributed by atoms with E-state index in [0.29, 0.717) is 6.04 Å². The highest BCUT2D eigenvalue weighted by Gasteiger charge is 1.99. The number of nitrogens with two attached hydrogens (primary N) is 1. The van der Waals surface area contributed by atoms with Crippen LogP contribution in [0.15, 0.2) is 24.3 Å². The van der Waals surface area contributed by atoms with Crippen LogP contribution in [0.1, 0.15) is 18.9 Å². The fraction of sp³-hybridized carbons (Fsp3) is 0.500. The van der Waals surface area contributed by atoms with E-state index in [1.165, 1.54) is 5.56 Å². The minimum Gasteiger partial charge on any atom is -0.330 e. The molecule has 1 aromatic rings. The van der Waals surface area contributed by atoms with Crippen molar-refractivity contribution in [2.45, 2.75) is 25.8 Å². The molecule has 0 aliphatic carbocycles. The van der Waals surface area contributed by atoms with Gasteiger partial charge in [0.1, 0.15) is 0 Å². The molecule has 0 aliphatic heterocycles. The highest BCUT2D eigenvalue weighted by atomic mass is 35.5. The summed E-state index contributed by atoms with van der Waals surface area (Å²) < 4.78 is 0. The van der Waals surface area contributed by atoms with Crippen LogP contribution in [0.5, 0.6) is 0 Å². The standard InChI is InChI=1S/C12H19ClN2/c1-10(5-7-14)15-8-6-11-3-2-4-12(13)9-11/h2-4,9-10,15H,5-8,14H2,1H3. The van der Waals surface area contributed by atoms with E-state index in [1.54, 1.807) is 0 Å². The Kier molecular flexibility index (Phi) is 5.69. The molecular formula is C12H19ClN2. The summed E-state index contributed by atoms with van der Waals surface area (Å²) in [7, 11) is 0. The van der Waals surface area contributed by atoms with Gasteiger partial charge in [-0.1, -0.05) is 23.7 Å². The Bertz CT molecular complexity index is 289. The number of rotatable bonds is 6. The van der Waals surface area contributed by atoms with E-state index in [4.69, 9.17) is 17.3 Å². The van der Waals surface area contributed by atoms with Gasteiger partial charge in [0.2, 0.25) is 0 Å². The zero-order chi connectivity index (χ0) is 11.1. The van der Waals surface area contributed by atoms with E-state index in [9.17, 15) is 0 Å². The molecule has 3 N–H and O–H groups in total. The van der Waals surface area contributed by atoms with Crippen LogP contribution in [0.4, 0.5) is 0 Å². The maximum atomic E-state index is 5.90. The summed E-state index contributed by atoms with van der Waals surface area (Å²) in [6.45, 7) is 3.87. The molecule has 2 nitrogen and oxygen atoms in total. The van der Waals surface area contributed by atoms with Gasteiger partial charge in [-0.2, -0.15) is 0 Å². The number of hydrogen-bond donors (Lipinski definition) is 2. The fourth-order valence-electron chi connectivity index (χ4n) is 1.51. The normalized spacial score (nSPS) is 12.7. The van der Waals surface area contributed by atoms with Gasteiger partial charge >= 0.3 is 0 Å². The van der Waals surface area contributed by atoms with Gasteiger partial charge in [-0.3, -0.25) is 0 Å². The van der Waals surface area contributed by atoms with Crippen molar-refractivity contribution < 1.29 is 0 Å². The Balaban J connectivity index is 2.25. The van der Waals surface area contributed by atoms with E-state index in [-0.39, 0.29) is 0 Å². The average Bonchev–Trinajstić information content (AvgIpc) is 2.18. The predicted molar refractivity (Wildman–Crippen MR) is 66.3 cm³/mol. The fourth-order valence-corrected chi connectivity index (χ4v) is 1.72. The lowest BCUT2D eigenvalue weighted by Gasteiger charge is -2.12. The smallest absolute Gasteiger partial charge is 0.0408 e. The molecule has 1 atom stereocenters. The summed E-state index contributed by atoms with van der Waals surface area (Å²) in [6.07, 6.45) is 2.03. The van der Waals surface area contributed by atoms with E-state index < -0.39 is 0 Å². The summed E-state index contributed by atoms with van der Waals surface area (Å²) >= 11 is 5.90. The van der Waals surface area contributed by atoms with Crippen LogP contribution < -0.4 is 11.1 Å². The van der Waals surface area contributed by atoms with E-state index in [1.807, 2.05) is 18.2 Å². The molecule has 0 aromatic heterocycles. The highest BCUT2D eigenvalue weighted by molar-refractivity contribution is 6.30. The molecule has 1 aromatic carbocycles. The Labute approximate surface area is 96.8 Å². The van der Waals surface area contributed by atoms with Crippen LogP contribution in [-0.4, -0.2) is 19.1 Å². The Hall–Kier alpha value is -0.570. The summed E-state index contributed by atoms with van der Waals surface area (Å²) in [6, 6.07) is 8.49. The minimum absolute atomic E-state index is 0.495. The minimum atomic E-state index is 0.495. The summed E-state index contributed by atoms with van der Waals surface area (Å²) in [4.78, 5) is 0. The van der Waals surface area contributed by atoms with Crippen LogP contribution >= 0.6 is 11.6 Å². The lowest BCUT2D eigenvalue weighted by molar-refractivity contribution is 0.523. The zero-order valence-electron chi connectivity index (χ0n) is 9.17. The van der Waals surface area contributed by atoms with Crippen molar-refractivity contribution in [2.75, 3.05) is 13.1 Å². The van der Waals surface area contributed by atoms with Crippen LogP contribution in [0, 0.1) is 0 Å². The van der Waals surface area contributed by atoms with Crippen LogP contribution in [0.25, 0.3) is 0 Å². The topological polar surface area (TPSA) is 38.0 Å². The summed E-state index contributed by atoms with van der Waals surface area (Å²) in [5, 5.41) is 4.24. The first kappa shape index (κ1) is 12.5. The monoisotopic (exact) mass is 226 g/mol. The Morgan fingerprint density at radius 3 is 2.93 bits per heavy atom. The lowest BCUT2D eigenvalue weighted by Crippen LogP contribution is -2.30. The van der Waals surface area contributed by atoms with Gasteiger partial charge in [-0.05, 0) is 50.6 Å². The van der Waals surface area contributed by atoms with Gasteiger partial charge in [0, 0.05) is 11.1 Å². The molecule has 0 radical (unpaired) electrons. The number of benzene rings is 1. The second kappa shape index (κ2) is 6.83. The van der Waals surface area contributed by atoms with Crippen LogP contribution in [0.2, 0.25) is 5.02 Å². The largest absolute Gasteiger partial charge is 0.330 e. The molecule has 0 amide bonds.